The molecule has 1 atom stereocenters. The Morgan fingerprint density at radius 1 is 1.14 bits per heavy atom. The second-order valence-electron chi connectivity index (χ2n) is 6.99. The molecule has 8 heteroatoms. The number of ether oxygens (including phenoxy) is 1. The molecule has 29 heavy (non-hydrogen) atoms. The molecule has 1 fully saturated rings. The van der Waals surface area contributed by atoms with Crippen LogP contribution in [0.2, 0.25) is 0 Å². The number of nitrogens with zero attached hydrogens (tertiary/aromatic N) is 2. The predicted octanol–water partition coefficient (Wildman–Crippen LogP) is 3.79. The van der Waals surface area contributed by atoms with Gasteiger partial charge in [0, 0.05) is 26.7 Å². The SMILES string of the molecule is CN=C(NCCCOCc1ccco1)NCC(c1ccco1)N1CCCCC1.I. The number of likely N-dealkylation sites (tertiary alicyclic amines) is 1. The average Bonchev–Trinajstić information content (AvgIpc) is 3.44. The monoisotopic (exact) mass is 516 g/mol. The van der Waals surface area contributed by atoms with E-state index in [2.05, 4.69) is 26.6 Å². The Hall–Kier alpha value is -1.52. The molecule has 0 bridgehead atoms. The minimum atomic E-state index is 0. The maximum atomic E-state index is 5.70. The Balaban J connectivity index is 0.00000300. The van der Waals surface area contributed by atoms with Crippen molar-refractivity contribution in [1.29, 1.82) is 0 Å². The molecule has 0 saturated carbocycles. The lowest BCUT2D eigenvalue weighted by Gasteiger charge is -2.33. The number of rotatable bonds is 10. The van der Waals surface area contributed by atoms with E-state index >= 15 is 0 Å². The van der Waals surface area contributed by atoms with Crippen LogP contribution in [0.1, 0.15) is 43.2 Å². The summed E-state index contributed by atoms with van der Waals surface area (Å²) in [6.45, 7) is 4.99. The van der Waals surface area contributed by atoms with Gasteiger partial charge in [0.1, 0.15) is 18.1 Å². The fourth-order valence-corrected chi connectivity index (χ4v) is 3.48. The third kappa shape index (κ3) is 8.02. The number of guanidine groups is 1. The van der Waals surface area contributed by atoms with E-state index in [0.29, 0.717) is 13.2 Å². The number of hydrogen-bond donors (Lipinski definition) is 2. The molecule has 1 saturated heterocycles. The van der Waals surface area contributed by atoms with Gasteiger partial charge in [-0.15, -0.1) is 24.0 Å². The fraction of sp³-hybridized carbons (Fsp3) is 0.571. The molecule has 0 spiro atoms. The van der Waals surface area contributed by atoms with Gasteiger partial charge in [-0.3, -0.25) is 9.89 Å². The quantitative estimate of drug-likeness (QED) is 0.217. The summed E-state index contributed by atoms with van der Waals surface area (Å²) in [6.07, 6.45) is 8.14. The summed E-state index contributed by atoms with van der Waals surface area (Å²) >= 11 is 0. The van der Waals surface area contributed by atoms with Crippen LogP contribution in [0.15, 0.2) is 50.6 Å². The molecule has 0 aromatic carbocycles. The van der Waals surface area contributed by atoms with Gasteiger partial charge < -0.3 is 24.2 Å². The van der Waals surface area contributed by atoms with Gasteiger partial charge in [-0.2, -0.15) is 0 Å². The van der Waals surface area contributed by atoms with Crippen LogP contribution >= 0.6 is 24.0 Å². The highest BCUT2D eigenvalue weighted by molar-refractivity contribution is 14.0. The van der Waals surface area contributed by atoms with Crippen molar-refractivity contribution in [2.24, 2.45) is 4.99 Å². The summed E-state index contributed by atoms with van der Waals surface area (Å²) in [5.74, 6) is 2.67. The zero-order chi connectivity index (χ0) is 19.4. The van der Waals surface area contributed by atoms with Gasteiger partial charge in [-0.05, 0) is 56.6 Å². The minimum absolute atomic E-state index is 0. The van der Waals surface area contributed by atoms with Crippen LogP contribution in [0, 0.1) is 0 Å². The number of halogens is 1. The summed E-state index contributed by atoms with van der Waals surface area (Å²) in [5, 5.41) is 6.80. The molecule has 0 radical (unpaired) electrons. The lowest BCUT2D eigenvalue weighted by atomic mass is 10.1. The molecule has 0 amide bonds. The van der Waals surface area contributed by atoms with Crippen molar-refractivity contribution in [2.45, 2.75) is 38.3 Å². The highest BCUT2D eigenvalue weighted by atomic mass is 127. The smallest absolute Gasteiger partial charge is 0.191 e. The van der Waals surface area contributed by atoms with Crippen molar-refractivity contribution in [3.8, 4) is 0 Å². The Labute approximate surface area is 190 Å². The summed E-state index contributed by atoms with van der Waals surface area (Å²) < 4.78 is 16.6. The van der Waals surface area contributed by atoms with Crippen LogP contribution in [0.25, 0.3) is 0 Å². The van der Waals surface area contributed by atoms with Crippen LogP contribution in [-0.4, -0.2) is 50.7 Å². The second kappa shape index (κ2) is 13.7. The number of nitrogens with one attached hydrogen (secondary N) is 2. The van der Waals surface area contributed by atoms with Crippen LogP contribution in [0.5, 0.6) is 0 Å². The van der Waals surface area contributed by atoms with Gasteiger partial charge in [-0.1, -0.05) is 6.42 Å². The average molecular weight is 516 g/mol. The summed E-state index contributed by atoms with van der Waals surface area (Å²) in [6, 6.07) is 8.04. The van der Waals surface area contributed by atoms with Crippen LogP contribution in [-0.2, 0) is 11.3 Å². The standard InChI is InChI=1S/C21H32N4O3.HI/c1-22-21(23-10-7-13-26-17-18-8-5-14-27-18)24-16-19(20-9-6-15-28-20)25-11-3-2-4-12-25;/h5-6,8-9,14-15,19H,2-4,7,10-13,16-17H2,1H3,(H2,22,23,24);1H. The molecule has 1 aliphatic heterocycles. The number of hydrogen-bond acceptors (Lipinski definition) is 5. The van der Waals surface area contributed by atoms with Gasteiger partial charge in [0.25, 0.3) is 0 Å². The van der Waals surface area contributed by atoms with Crippen molar-refractivity contribution in [3.63, 3.8) is 0 Å². The Morgan fingerprint density at radius 3 is 2.62 bits per heavy atom. The maximum absolute atomic E-state index is 5.70. The molecule has 1 unspecified atom stereocenters. The van der Waals surface area contributed by atoms with Crippen molar-refractivity contribution in [2.75, 3.05) is 39.8 Å². The van der Waals surface area contributed by atoms with E-state index in [1.165, 1.54) is 19.3 Å². The van der Waals surface area contributed by atoms with E-state index in [1.54, 1.807) is 19.6 Å². The van der Waals surface area contributed by atoms with Gasteiger partial charge in [-0.25, -0.2) is 0 Å². The normalized spacial score (nSPS) is 16.2. The Kier molecular flexibility index (Phi) is 11.2. The zero-order valence-electron chi connectivity index (χ0n) is 17.1. The van der Waals surface area contributed by atoms with Gasteiger partial charge in [0.05, 0.1) is 18.6 Å². The summed E-state index contributed by atoms with van der Waals surface area (Å²) in [4.78, 5) is 6.84. The van der Waals surface area contributed by atoms with E-state index in [9.17, 15) is 0 Å². The van der Waals surface area contributed by atoms with Crippen LogP contribution in [0.4, 0.5) is 0 Å². The summed E-state index contributed by atoms with van der Waals surface area (Å²) in [7, 11) is 1.80. The largest absolute Gasteiger partial charge is 0.468 e. The molecule has 1 aliphatic rings. The van der Waals surface area contributed by atoms with E-state index in [0.717, 1.165) is 50.1 Å². The van der Waals surface area contributed by atoms with Crippen LogP contribution < -0.4 is 10.6 Å². The lowest BCUT2D eigenvalue weighted by molar-refractivity contribution is 0.105. The van der Waals surface area contributed by atoms with E-state index in [4.69, 9.17) is 13.6 Å². The third-order valence-corrected chi connectivity index (χ3v) is 4.97. The number of piperidine rings is 1. The molecule has 2 aromatic heterocycles. The third-order valence-electron chi connectivity index (χ3n) is 4.97. The first-order valence-corrected chi connectivity index (χ1v) is 10.2. The minimum Gasteiger partial charge on any atom is -0.468 e. The fourth-order valence-electron chi connectivity index (χ4n) is 3.48. The number of aliphatic imine (C=N–C) groups is 1. The maximum Gasteiger partial charge on any atom is 0.191 e. The highest BCUT2D eigenvalue weighted by Gasteiger charge is 2.24. The van der Waals surface area contributed by atoms with Crippen molar-refractivity contribution in [3.05, 3.63) is 48.3 Å². The molecule has 7 nitrogen and oxygen atoms in total. The molecular formula is C21H33IN4O3. The van der Waals surface area contributed by atoms with Gasteiger partial charge in [0.2, 0.25) is 0 Å². The van der Waals surface area contributed by atoms with E-state index in [-0.39, 0.29) is 30.0 Å². The molecule has 0 aliphatic carbocycles. The summed E-state index contributed by atoms with van der Waals surface area (Å²) in [5.41, 5.74) is 0. The molecule has 2 aromatic rings. The first-order valence-electron chi connectivity index (χ1n) is 10.2. The Bertz CT molecular complexity index is 670. The van der Waals surface area contributed by atoms with Gasteiger partial charge in [0.15, 0.2) is 5.96 Å². The first kappa shape index (κ1) is 23.8. The first-order chi connectivity index (χ1) is 13.9. The highest BCUT2D eigenvalue weighted by Crippen LogP contribution is 2.24. The van der Waals surface area contributed by atoms with E-state index < -0.39 is 0 Å². The van der Waals surface area contributed by atoms with E-state index in [1.807, 2.05) is 18.2 Å². The molecular weight excluding hydrogens is 483 g/mol. The molecule has 162 valence electrons. The predicted molar refractivity (Wildman–Crippen MR) is 125 cm³/mol. The lowest BCUT2D eigenvalue weighted by Crippen LogP contribution is -2.44. The van der Waals surface area contributed by atoms with Gasteiger partial charge >= 0.3 is 0 Å². The zero-order valence-corrected chi connectivity index (χ0v) is 19.5. The molecule has 3 heterocycles. The Morgan fingerprint density at radius 2 is 1.93 bits per heavy atom. The molecule has 2 N–H and O–H groups in total. The second-order valence-corrected chi connectivity index (χ2v) is 6.99. The van der Waals surface area contributed by atoms with Crippen molar-refractivity contribution in [1.82, 2.24) is 15.5 Å². The molecule has 3 rings (SSSR count). The van der Waals surface area contributed by atoms with Crippen molar-refractivity contribution < 1.29 is 13.6 Å². The number of furan rings is 2. The van der Waals surface area contributed by atoms with Crippen LogP contribution in [0.3, 0.4) is 0 Å². The topological polar surface area (TPSA) is 75.2 Å². The van der Waals surface area contributed by atoms with Crippen molar-refractivity contribution >= 4 is 29.9 Å².